The van der Waals surface area contributed by atoms with E-state index in [-0.39, 0.29) is 18.4 Å². The van der Waals surface area contributed by atoms with Crippen LogP contribution in [0.15, 0.2) is 48.5 Å². The van der Waals surface area contributed by atoms with Crippen LogP contribution in [-0.4, -0.2) is 43.5 Å². The number of ether oxygens (including phenoxy) is 2. The number of rotatable bonds is 6. The van der Waals surface area contributed by atoms with Crippen LogP contribution in [0.5, 0.6) is 11.5 Å². The van der Waals surface area contributed by atoms with Gasteiger partial charge in [-0.05, 0) is 61.4 Å². The Morgan fingerprint density at radius 2 is 1.50 bits per heavy atom. The van der Waals surface area contributed by atoms with Crippen LogP contribution in [0.1, 0.15) is 36.0 Å². The van der Waals surface area contributed by atoms with Gasteiger partial charge in [0.25, 0.3) is 11.8 Å². The summed E-state index contributed by atoms with van der Waals surface area (Å²) < 4.78 is 10.5. The van der Waals surface area contributed by atoms with Crippen molar-refractivity contribution in [2.45, 2.75) is 25.7 Å². The third-order valence-corrected chi connectivity index (χ3v) is 4.74. The molecule has 1 saturated heterocycles. The maximum Gasteiger partial charge on any atom is 0.262 e. The van der Waals surface area contributed by atoms with Crippen molar-refractivity contribution in [3.8, 4) is 11.5 Å². The molecule has 2 aromatic carbocycles. The summed E-state index contributed by atoms with van der Waals surface area (Å²) in [4.78, 5) is 26.6. The lowest BCUT2D eigenvalue weighted by atomic mass is 10.1. The van der Waals surface area contributed by atoms with Crippen LogP contribution in [0.4, 0.5) is 5.69 Å². The van der Waals surface area contributed by atoms with Gasteiger partial charge in [-0.15, -0.1) is 0 Å². The van der Waals surface area contributed by atoms with E-state index in [1.807, 2.05) is 4.90 Å². The second kappa shape index (κ2) is 9.78. The van der Waals surface area contributed by atoms with Crippen LogP contribution in [0.2, 0.25) is 0 Å². The SMILES string of the molecule is COc1ccc(OCC(=O)Nc2ccc(C(=O)N3CCCCCC3)cc2)cc1. The van der Waals surface area contributed by atoms with Gasteiger partial charge in [0.1, 0.15) is 11.5 Å². The molecule has 1 heterocycles. The van der Waals surface area contributed by atoms with E-state index in [9.17, 15) is 9.59 Å². The Bertz CT molecular complexity index is 779. The largest absolute Gasteiger partial charge is 0.497 e. The average molecular weight is 382 g/mol. The first-order chi connectivity index (χ1) is 13.7. The summed E-state index contributed by atoms with van der Waals surface area (Å²) in [6, 6.07) is 14.0. The Hall–Kier alpha value is -3.02. The number of nitrogens with one attached hydrogen (secondary N) is 1. The van der Waals surface area contributed by atoms with Crippen LogP contribution < -0.4 is 14.8 Å². The second-order valence-electron chi connectivity index (χ2n) is 6.80. The molecule has 1 aliphatic rings. The van der Waals surface area contributed by atoms with Gasteiger partial charge in [0, 0.05) is 24.3 Å². The number of carbonyl (C=O) groups excluding carboxylic acids is 2. The summed E-state index contributed by atoms with van der Waals surface area (Å²) in [5.74, 6) is 1.12. The van der Waals surface area contributed by atoms with E-state index >= 15 is 0 Å². The molecule has 0 aliphatic carbocycles. The van der Waals surface area contributed by atoms with Gasteiger partial charge in [-0.25, -0.2) is 0 Å². The summed E-state index contributed by atoms with van der Waals surface area (Å²) in [5.41, 5.74) is 1.28. The van der Waals surface area contributed by atoms with Crippen molar-refractivity contribution in [3.63, 3.8) is 0 Å². The predicted molar refractivity (Wildman–Crippen MR) is 108 cm³/mol. The van der Waals surface area contributed by atoms with Gasteiger partial charge in [0.15, 0.2) is 6.61 Å². The van der Waals surface area contributed by atoms with Gasteiger partial charge < -0.3 is 19.7 Å². The summed E-state index contributed by atoms with van der Waals surface area (Å²) in [6.07, 6.45) is 4.50. The molecule has 0 spiro atoms. The van der Waals surface area contributed by atoms with Crippen molar-refractivity contribution in [1.29, 1.82) is 0 Å². The lowest BCUT2D eigenvalue weighted by molar-refractivity contribution is -0.118. The number of nitrogens with zero attached hydrogens (tertiary/aromatic N) is 1. The highest BCUT2D eigenvalue weighted by atomic mass is 16.5. The fourth-order valence-electron chi connectivity index (χ4n) is 3.17. The maximum atomic E-state index is 12.6. The third-order valence-electron chi connectivity index (χ3n) is 4.74. The van der Waals surface area contributed by atoms with E-state index in [0.717, 1.165) is 31.7 Å². The molecule has 0 radical (unpaired) electrons. The molecule has 0 unspecified atom stereocenters. The quantitative estimate of drug-likeness (QED) is 0.827. The third kappa shape index (κ3) is 5.49. The monoisotopic (exact) mass is 382 g/mol. The van der Waals surface area contributed by atoms with E-state index in [1.54, 1.807) is 55.6 Å². The van der Waals surface area contributed by atoms with Crippen molar-refractivity contribution in [1.82, 2.24) is 4.90 Å². The minimum atomic E-state index is -0.262. The molecule has 1 aliphatic heterocycles. The fourth-order valence-corrected chi connectivity index (χ4v) is 3.17. The van der Waals surface area contributed by atoms with Gasteiger partial charge in [0.05, 0.1) is 7.11 Å². The Labute approximate surface area is 165 Å². The van der Waals surface area contributed by atoms with Crippen molar-refractivity contribution in [3.05, 3.63) is 54.1 Å². The minimum Gasteiger partial charge on any atom is -0.497 e. The van der Waals surface area contributed by atoms with Crippen LogP contribution in [0.25, 0.3) is 0 Å². The summed E-state index contributed by atoms with van der Waals surface area (Å²) in [7, 11) is 1.59. The van der Waals surface area contributed by atoms with E-state index < -0.39 is 0 Å². The summed E-state index contributed by atoms with van der Waals surface area (Å²) in [5, 5.41) is 2.78. The Morgan fingerprint density at radius 3 is 2.11 bits per heavy atom. The Morgan fingerprint density at radius 1 is 0.893 bits per heavy atom. The van der Waals surface area contributed by atoms with E-state index in [0.29, 0.717) is 17.0 Å². The van der Waals surface area contributed by atoms with Crippen molar-refractivity contribution < 1.29 is 19.1 Å². The second-order valence-corrected chi connectivity index (χ2v) is 6.80. The van der Waals surface area contributed by atoms with Gasteiger partial charge >= 0.3 is 0 Å². The fraction of sp³-hybridized carbons (Fsp3) is 0.364. The van der Waals surface area contributed by atoms with Crippen LogP contribution >= 0.6 is 0 Å². The molecule has 6 heteroatoms. The highest BCUT2D eigenvalue weighted by Gasteiger charge is 2.17. The molecule has 0 atom stereocenters. The molecular formula is C22H26N2O4. The van der Waals surface area contributed by atoms with E-state index in [2.05, 4.69) is 5.32 Å². The molecule has 6 nitrogen and oxygen atoms in total. The normalized spacial score (nSPS) is 14.1. The topological polar surface area (TPSA) is 67.9 Å². The number of carbonyl (C=O) groups is 2. The average Bonchev–Trinajstić information content (AvgIpc) is 3.02. The first-order valence-electron chi connectivity index (χ1n) is 9.62. The summed E-state index contributed by atoms with van der Waals surface area (Å²) in [6.45, 7) is 1.54. The van der Waals surface area contributed by atoms with Crippen LogP contribution in [0, 0.1) is 0 Å². The number of hydrogen-bond donors (Lipinski definition) is 1. The zero-order valence-electron chi connectivity index (χ0n) is 16.1. The lowest BCUT2D eigenvalue weighted by Crippen LogP contribution is -2.31. The number of hydrogen-bond acceptors (Lipinski definition) is 4. The molecular weight excluding hydrogens is 356 g/mol. The maximum absolute atomic E-state index is 12.6. The molecule has 0 saturated carbocycles. The number of amides is 2. The van der Waals surface area contributed by atoms with Gasteiger partial charge in [-0.3, -0.25) is 9.59 Å². The number of anilines is 1. The molecule has 28 heavy (non-hydrogen) atoms. The van der Waals surface area contributed by atoms with E-state index in [1.165, 1.54) is 12.8 Å². The van der Waals surface area contributed by atoms with Crippen LogP contribution in [0.3, 0.4) is 0 Å². The molecule has 0 aromatic heterocycles. The highest BCUT2D eigenvalue weighted by Crippen LogP contribution is 2.18. The molecule has 0 bridgehead atoms. The predicted octanol–water partition coefficient (Wildman–Crippen LogP) is 3.73. The number of benzene rings is 2. The lowest BCUT2D eigenvalue weighted by Gasteiger charge is -2.20. The summed E-state index contributed by atoms with van der Waals surface area (Å²) >= 11 is 0. The van der Waals surface area contributed by atoms with Crippen LogP contribution in [-0.2, 0) is 4.79 Å². The Balaban J connectivity index is 1.50. The zero-order chi connectivity index (χ0) is 19.8. The first-order valence-corrected chi connectivity index (χ1v) is 9.62. The molecule has 2 aromatic rings. The van der Waals surface area contributed by atoms with Gasteiger partial charge in [0.2, 0.25) is 0 Å². The molecule has 1 N–H and O–H groups in total. The molecule has 2 amide bonds. The highest BCUT2D eigenvalue weighted by molar-refractivity contribution is 5.96. The molecule has 148 valence electrons. The van der Waals surface area contributed by atoms with Crippen molar-refractivity contribution in [2.24, 2.45) is 0 Å². The van der Waals surface area contributed by atoms with Gasteiger partial charge in [-0.1, -0.05) is 12.8 Å². The molecule has 1 fully saturated rings. The van der Waals surface area contributed by atoms with Gasteiger partial charge in [-0.2, -0.15) is 0 Å². The number of methoxy groups -OCH3 is 1. The van der Waals surface area contributed by atoms with Crippen molar-refractivity contribution >= 4 is 17.5 Å². The first kappa shape index (κ1) is 19.7. The molecule has 3 rings (SSSR count). The zero-order valence-corrected chi connectivity index (χ0v) is 16.1. The van der Waals surface area contributed by atoms with Crippen molar-refractivity contribution in [2.75, 3.05) is 32.1 Å². The smallest absolute Gasteiger partial charge is 0.262 e. The number of likely N-dealkylation sites (tertiary alicyclic amines) is 1. The Kier molecular flexibility index (Phi) is 6.89. The van der Waals surface area contributed by atoms with E-state index in [4.69, 9.17) is 9.47 Å². The standard InChI is InChI=1S/C22H26N2O4/c1-27-19-10-12-20(13-11-19)28-16-21(25)23-18-8-6-17(7-9-18)22(26)24-14-4-2-3-5-15-24/h6-13H,2-5,14-16H2,1H3,(H,23,25). The minimum absolute atomic E-state index is 0.0580.